The van der Waals surface area contributed by atoms with Gasteiger partial charge in [-0.1, -0.05) is 0 Å². The summed E-state index contributed by atoms with van der Waals surface area (Å²) < 4.78 is 0. The summed E-state index contributed by atoms with van der Waals surface area (Å²) in [4.78, 5) is 1.92. The summed E-state index contributed by atoms with van der Waals surface area (Å²) >= 11 is 0. The first-order valence-electron chi connectivity index (χ1n) is 3.05. The normalized spacial score (nSPS) is 18.0. The third-order valence-electron chi connectivity index (χ3n) is 1.86. The molecule has 0 amide bonds. The number of aliphatic hydroxyl groups excluding tert-OH is 1. The average Bonchev–Trinajstić information content (AvgIpc) is 1.86. The smallest absolute Gasteiger partial charge is 0.0624 e. The first-order valence-corrected chi connectivity index (χ1v) is 3.05. The molecule has 0 aliphatic carbocycles. The van der Waals surface area contributed by atoms with Crippen molar-refractivity contribution < 1.29 is 5.11 Å². The number of aliphatic hydroxyl groups is 1. The van der Waals surface area contributed by atoms with E-state index in [-0.39, 0.29) is 12.1 Å². The van der Waals surface area contributed by atoms with Gasteiger partial charge in [-0.25, -0.2) is 0 Å². The third kappa shape index (κ3) is 1.93. The first kappa shape index (κ1) is 8.88. The second kappa shape index (κ2) is 3.15. The molecule has 0 heterocycles. The van der Waals surface area contributed by atoms with Gasteiger partial charge >= 0.3 is 0 Å². The van der Waals surface area contributed by atoms with E-state index in [0.29, 0.717) is 6.54 Å². The van der Waals surface area contributed by atoms with E-state index in [1.54, 1.807) is 0 Å². The van der Waals surface area contributed by atoms with Gasteiger partial charge in [0.1, 0.15) is 0 Å². The molecule has 1 unspecified atom stereocenters. The number of hydrogen-bond acceptors (Lipinski definition) is 3. The molecule has 0 saturated heterocycles. The van der Waals surface area contributed by atoms with Gasteiger partial charge in [0.05, 0.1) is 12.1 Å². The Morgan fingerprint density at radius 1 is 1.56 bits per heavy atom. The zero-order valence-electron chi connectivity index (χ0n) is 6.39. The summed E-state index contributed by atoms with van der Waals surface area (Å²) in [5.74, 6) is 0. The van der Waals surface area contributed by atoms with Crippen LogP contribution in [0.1, 0.15) is 6.92 Å². The van der Waals surface area contributed by atoms with Crippen molar-refractivity contribution in [2.45, 2.75) is 12.5 Å². The van der Waals surface area contributed by atoms with Crippen molar-refractivity contribution in [2.24, 2.45) is 5.73 Å². The topological polar surface area (TPSA) is 49.5 Å². The van der Waals surface area contributed by atoms with Crippen LogP contribution >= 0.6 is 0 Å². The van der Waals surface area contributed by atoms with E-state index < -0.39 is 0 Å². The Balaban J connectivity index is 3.92. The van der Waals surface area contributed by atoms with Crippen molar-refractivity contribution in [3.05, 3.63) is 0 Å². The highest BCUT2D eigenvalue weighted by Crippen LogP contribution is 2.06. The van der Waals surface area contributed by atoms with Crippen molar-refractivity contribution in [2.75, 3.05) is 27.2 Å². The van der Waals surface area contributed by atoms with Crippen molar-refractivity contribution in [1.82, 2.24) is 4.90 Å². The highest BCUT2D eigenvalue weighted by atomic mass is 16.3. The van der Waals surface area contributed by atoms with E-state index in [2.05, 4.69) is 0 Å². The monoisotopic (exact) mass is 132 g/mol. The van der Waals surface area contributed by atoms with Gasteiger partial charge in [-0.3, -0.25) is 0 Å². The lowest BCUT2D eigenvalue weighted by atomic mass is 10.0. The van der Waals surface area contributed by atoms with Crippen LogP contribution < -0.4 is 5.73 Å². The van der Waals surface area contributed by atoms with Crippen LogP contribution in [0.25, 0.3) is 0 Å². The molecule has 1 atom stereocenters. The second-order valence-electron chi connectivity index (χ2n) is 2.75. The molecular formula is C6H16N2O. The van der Waals surface area contributed by atoms with Crippen LogP contribution in [0.5, 0.6) is 0 Å². The van der Waals surface area contributed by atoms with Crippen LogP contribution in [-0.2, 0) is 0 Å². The van der Waals surface area contributed by atoms with Crippen molar-refractivity contribution in [1.29, 1.82) is 0 Å². The van der Waals surface area contributed by atoms with Crippen LogP contribution in [0.3, 0.4) is 0 Å². The molecule has 9 heavy (non-hydrogen) atoms. The van der Waals surface area contributed by atoms with Crippen LogP contribution in [0, 0.1) is 0 Å². The minimum Gasteiger partial charge on any atom is -0.394 e. The van der Waals surface area contributed by atoms with Crippen LogP contribution in [-0.4, -0.2) is 42.8 Å². The van der Waals surface area contributed by atoms with Crippen molar-refractivity contribution in [3.8, 4) is 0 Å². The molecule has 0 spiro atoms. The Labute approximate surface area is 56.5 Å². The molecule has 0 aliphatic heterocycles. The van der Waals surface area contributed by atoms with E-state index in [1.807, 2.05) is 25.9 Å². The van der Waals surface area contributed by atoms with Gasteiger partial charge in [0.25, 0.3) is 0 Å². The van der Waals surface area contributed by atoms with E-state index in [0.717, 1.165) is 0 Å². The second-order valence-corrected chi connectivity index (χ2v) is 2.75. The summed E-state index contributed by atoms with van der Waals surface area (Å²) in [6.45, 7) is 2.51. The molecule has 0 bridgehead atoms. The SMILES string of the molecule is CN(C)C(C)(CN)CO. The highest BCUT2D eigenvalue weighted by molar-refractivity contribution is 4.82. The van der Waals surface area contributed by atoms with Crippen molar-refractivity contribution >= 4 is 0 Å². The molecule has 0 rings (SSSR count). The fourth-order valence-electron chi connectivity index (χ4n) is 0.389. The Morgan fingerprint density at radius 2 is 2.00 bits per heavy atom. The number of likely N-dealkylation sites (N-methyl/N-ethyl adjacent to an activating group) is 1. The third-order valence-corrected chi connectivity index (χ3v) is 1.86. The zero-order chi connectivity index (χ0) is 7.49. The van der Waals surface area contributed by atoms with Crippen molar-refractivity contribution in [3.63, 3.8) is 0 Å². The summed E-state index contributed by atoms with van der Waals surface area (Å²) in [6, 6.07) is 0. The minimum atomic E-state index is -0.250. The number of hydrogen-bond donors (Lipinski definition) is 2. The molecule has 0 saturated carbocycles. The fourth-order valence-corrected chi connectivity index (χ4v) is 0.389. The lowest BCUT2D eigenvalue weighted by Gasteiger charge is -2.32. The van der Waals surface area contributed by atoms with E-state index in [4.69, 9.17) is 10.8 Å². The molecule has 3 heteroatoms. The van der Waals surface area contributed by atoms with Crippen LogP contribution in [0.4, 0.5) is 0 Å². The maximum absolute atomic E-state index is 8.83. The van der Waals surface area contributed by atoms with Gasteiger partial charge < -0.3 is 15.7 Å². The Morgan fingerprint density at radius 3 is 2.00 bits per heavy atom. The molecule has 0 aromatic rings. The largest absolute Gasteiger partial charge is 0.394 e. The van der Waals surface area contributed by atoms with E-state index in [9.17, 15) is 0 Å². The molecule has 0 aromatic carbocycles. The number of nitrogens with two attached hydrogens (primary N) is 1. The lowest BCUT2D eigenvalue weighted by Crippen LogP contribution is -2.50. The number of rotatable bonds is 3. The summed E-state index contributed by atoms with van der Waals surface area (Å²) in [5.41, 5.74) is 5.17. The molecule has 3 N–H and O–H groups in total. The molecule has 0 radical (unpaired) electrons. The fraction of sp³-hybridized carbons (Fsp3) is 1.00. The molecular weight excluding hydrogens is 116 g/mol. The standard InChI is InChI=1S/C6H16N2O/c1-6(4-7,5-9)8(2)3/h9H,4-5,7H2,1-3H3. The van der Waals surface area contributed by atoms with Gasteiger partial charge in [0.2, 0.25) is 0 Å². The summed E-state index contributed by atoms with van der Waals surface area (Å²) in [7, 11) is 3.81. The maximum atomic E-state index is 8.83. The lowest BCUT2D eigenvalue weighted by molar-refractivity contribution is 0.0913. The first-order chi connectivity index (χ1) is 4.06. The quantitative estimate of drug-likeness (QED) is 0.531. The molecule has 0 aromatic heterocycles. The van der Waals surface area contributed by atoms with Gasteiger partial charge in [-0.05, 0) is 21.0 Å². The Bertz CT molecular complexity index is 79.1. The average molecular weight is 132 g/mol. The van der Waals surface area contributed by atoms with Gasteiger partial charge in [0, 0.05) is 6.54 Å². The molecule has 0 fully saturated rings. The minimum absolute atomic E-state index is 0.108. The molecule has 56 valence electrons. The van der Waals surface area contributed by atoms with E-state index >= 15 is 0 Å². The number of nitrogens with zero attached hydrogens (tertiary/aromatic N) is 1. The van der Waals surface area contributed by atoms with E-state index in [1.165, 1.54) is 0 Å². The van der Waals surface area contributed by atoms with Gasteiger partial charge in [0.15, 0.2) is 0 Å². The van der Waals surface area contributed by atoms with Gasteiger partial charge in [-0.2, -0.15) is 0 Å². The summed E-state index contributed by atoms with van der Waals surface area (Å²) in [6.07, 6.45) is 0. The Kier molecular flexibility index (Phi) is 3.11. The molecule has 0 aliphatic rings. The summed E-state index contributed by atoms with van der Waals surface area (Å²) in [5, 5.41) is 8.83. The molecule has 3 nitrogen and oxygen atoms in total. The van der Waals surface area contributed by atoms with Crippen LogP contribution in [0.2, 0.25) is 0 Å². The predicted molar refractivity (Wildman–Crippen MR) is 38.2 cm³/mol. The Hall–Kier alpha value is -0.120. The maximum Gasteiger partial charge on any atom is 0.0624 e. The zero-order valence-corrected chi connectivity index (χ0v) is 6.39. The predicted octanol–water partition coefficient (Wildman–Crippen LogP) is -0.742. The highest BCUT2D eigenvalue weighted by Gasteiger charge is 2.23. The van der Waals surface area contributed by atoms with Crippen LogP contribution in [0.15, 0.2) is 0 Å². The van der Waals surface area contributed by atoms with Gasteiger partial charge in [-0.15, -0.1) is 0 Å².